The van der Waals surface area contributed by atoms with E-state index >= 15 is 0 Å². The Morgan fingerprint density at radius 3 is 1.47 bits per heavy atom. The number of ketones is 2. The second-order valence-electron chi connectivity index (χ2n) is 20.1. The van der Waals surface area contributed by atoms with Crippen LogP contribution in [-0.4, -0.2) is 109 Å². The van der Waals surface area contributed by atoms with Crippen LogP contribution in [0.25, 0.3) is 66.1 Å². The lowest BCUT2D eigenvalue weighted by Crippen LogP contribution is -2.29. The third kappa shape index (κ3) is 11.2. The van der Waals surface area contributed by atoms with Gasteiger partial charge in [-0.3, -0.25) is 47.8 Å². The second-order valence-corrected chi connectivity index (χ2v) is 20.1. The fourth-order valence-corrected chi connectivity index (χ4v) is 10.8. The van der Waals surface area contributed by atoms with Crippen LogP contribution in [-0.2, 0) is 36.9 Å². The Morgan fingerprint density at radius 2 is 1.06 bits per heavy atom. The molecule has 8 heterocycles. The minimum atomic E-state index is -0.472. The second kappa shape index (κ2) is 24.4. The number of pyridine rings is 4. The van der Waals surface area contributed by atoms with Gasteiger partial charge in [0.05, 0.1) is 140 Å². The quantitative estimate of drug-likeness (QED) is 0.0460. The van der Waals surface area contributed by atoms with E-state index in [-0.39, 0.29) is 48.9 Å². The number of ether oxygens (including phenoxy) is 5. The van der Waals surface area contributed by atoms with Gasteiger partial charge in [0.15, 0.2) is 11.6 Å². The number of hydrogen-bond donors (Lipinski definition) is 0. The summed E-state index contributed by atoms with van der Waals surface area (Å²) in [6.07, 6.45) is 9.72. The maximum absolute atomic E-state index is 14.4. The molecule has 81 heavy (non-hydrogen) atoms. The maximum Gasteiger partial charge on any atom is 0.330 e. The van der Waals surface area contributed by atoms with Gasteiger partial charge in [0.2, 0.25) is 0 Å². The van der Waals surface area contributed by atoms with E-state index in [1.807, 2.05) is 102 Å². The number of benzene rings is 2. The Labute approximate surface area is 466 Å². The molecule has 20 nitrogen and oxygen atoms in total. The number of aromatic nitrogens is 9. The number of fused-ring (bicyclic) bond motifs is 6. The van der Waals surface area contributed by atoms with Crippen LogP contribution in [0.4, 0.5) is 0 Å². The lowest BCUT2D eigenvalue weighted by molar-refractivity contribution is -0.120. The zero-order valence-electron chi connectivity index (χ0n) is 46.8. The smallest absolute Gasteiger partial charge is 0.330 e. The summed E-state index contributed by atoms with van der Waals surface area (Å²) in [6.45, 7) is 13.1. The van der Waals surface area contributed by atoms with Crippen molar-refractivity contribution in [3.8, 4) is 33.8 Å². The number of carbonyl (C=O) groups excluding carboxylic acids is 2. The van der Waals surface area contributed by atoms with Crippen molar-refractivity contribution in [2.24, 2.45) is 0 Å². The number of rotatable bonds is 26. The summed E-state index contributed by atoms with van der Waals surface area (Å²) in [5, 5.41) is 5.52. The van der Waals surface area contributed by atoms with E-state index < -0.39 is 12.1 Å². The number of Topliss-reactive ketones (excluding diaryl/α,β-unsaturated/α-hetero) is 2. The molecule has 0 aliphatic carbocycles. The van der Waals surface area contributed by atoms with Crippen LogP contribution in [0.2, 0.25) is 0 Å². The molecule has 0 spiro atoms. The molecule has 0 aliphatic rings. The van der Waals surface area contributed by atoms with Crippen molar-refractivity contribution < 1.29 is 42.2 Å². The Hall–Kier alpha value is -8.59. The molecule has 0 radical (unpaired) electrons. The summed E-state index contributed by atoms with van der Waals surface area (Å²) in [7, 11) is 3.20. The summed E-state index contributed by atoms with van der Waals surface area (Å²) in [4.78, 5) is 74.6. The van der Waals surface area contributed by atoms with E-state index in [0.29, 0.717) is 131 Å². The first kappa shape index (κ1) is 55.7. The van der Waals surface area contributed by atoms with E-state index in [1.54, 1.807) is 54.4 Å². The van der Waals surface area contributed by atoms with Crippen LogP contribution in [0.15, 0.2) is 110 Å². The normalized spacial score (nSPS) is 12.5. The first-order chi connectivity index (χ1) is 39.3. The molecule has 2 aromatic carbocycles. The zero-order chi connectivity index (χ0) is 56.9. The molecule has 0 amide bonds. The van der Waals surface area contributed by atoms with Gasteiger partial charge in [-0.25, -0.2) is 9.59 Å². The van der Waals surface area contributed by atoms with Crippen LogP contribution in [0.3, 0.4) is 0 Å². The number of carbonyl (C=O) groups is 2. The lowest BCUT2D eigenvalue weighted by Gasteiger charge is -2.15. The van der Waals surface area contributed by atoms with Crippen LogP contribution in [0.1, 0.15) is 85.8 Å². The number of aryl methyl sites for hydroxylation is 4. The number of nitrogens with zero attached hydrogens (tertiary/aromatic N) is 9. The van der Waals surface area contributed by atoms with Gasteiger partial charge in [-0.15, -0.1) is 0 Å². The van der Waals surface area contributed by atoms with Gasteiger partial charge in [-0.1, -0.05) is 17.3 Å². The SMILES string of the molecule is COc1cc2c(cc1-c1c(C)coc1C)ncc1c2n([C@H](C)c2ccccn2)c(=O)n1CC(=O)CCCOCCOCCOCCCC(=O)Cn1c(=O)n([C@H](C)c2ccccn2)c2c3cc(OC)c(-c4c(C)noc4C)cc3ncc21. The summed E-state index contributed by atoms with van der Waals surface area (Å²) < 4.78 is 46.6. The number of furan rings is 1. The summed E-state index contributed by atoms with van der Waals surface area (Å²) in [6, 6.07) is 17.9. The number of imidazole rings is 2. The van der Waals surface area contributed by atoms with Gasteiger partial charge >= 0.3 is 11.4 Å². The van der Waals surface area contributed by atoms with Crippen molar-refractivity contribution in [3.05, 3.63) is 147 Å². The molecule has 0 unspecified atom stereocenters. The molecule has 0 fully saturated rings. The molecular formula is C61H65N9O11. The minimum absolute atomic E-state index is 0.121. The van der Waals surface area contributed by atoms with Crippen molar-refractivity contribution in [1.82, 2.24) is 43.4 Å². The topological polar surface area (TPSA) is 225 Å². The first-order valence-electron chi connectivity index (χ1n) is 27.1. The van der Waals surface area contributed by atoms with Crippen molar-refractivity contribution in [2.75, 3.05) is 53.9 Å². The minimum Gasteiger partial charge on any atom is -0.496 e. The van der Waals surface area contributed by atoms with E-state index in [1.165, 1.54) is 9.13 Å². The fourth-order valence-electron chi connectivity index (χ4n) is 10.8. The van der Waals surface area contributed by atoms with Crippen molar-refractivity contribution in [2.45, 2.75) is 92.4 Å². The fraction of sp³-hybridized carbons (Fsp3) is 0.361. The standard InChI is InChI=1S/C61H65N9O11/c1-36-35-80-40(5)56(36)46-27-50-44(29-54(46)75-7)58-52(31-64-50)67(60(73)69(58)38(3)48-17-9-11-19-62-48)33-42(71)15-13-21-77-23-25-79-26-24-78-22-14-16-43(72)34-68-53-32-65-51-28-47(57-37(2)66-81-41(57)6)55(76-8)30-45(51)59(53)70(61(68)74)39(4)49-18-10-12-20-63-49/h9-12,17-20,27-32,35,38-39H,13-16,21-26,33-34H2,1-8H3/t38-,39-/m1/s1. The average Bonchev–Trinajstić information content (AvgIpc) is 4.22. The highest BCUT2D eigenvalue weighted by molar-refractivity contribution is 6.07. The Morgan fingerprint density at radius 1 is 0.593 bits per heavy atom. The third-order valence-electron chi connectivity index (χ3n) is 14.9. The molecule has 0 aliphatic heterocycles. The van der Waals surface area contributed by atoms with Gasteiger partial charge in [-0.2, -0.15) is 0 Å². The Kier molecular flexibility index (Phi) is 16.8. The van der Waals surface area contributed by atoms with E-state index in [2.05, 4.69) is 15.1 Å². The van der Waals surface area contributed by atoms with Gasteiger partial charge < -0.3 is 32.6 Å². The van der Waals surface area contributed by atoms with Gasteiger partial charge in [0, 0.05) is 65.9 Å². The molecule has 420 valence electrons. The molecule has 0 saturated heterocycles. The van der Waals surface area contributed by atoms with Crippen LogP contribution in [0, 0.1) is 27.7 Å². The van der Waals surface area contributed by atoms with Gasteiger partial charge in [0.1, 0.15) is 23.0 Å². The Balaban J connectivity index is 0.697. The molecule has 0 bridgehead atoms. The van der Waals surface area contributed by atoms with E-state index in [0.717, 1.165) is 33.6 Å². The lowest BCUT2D eigenvalue weighted by atomic mass is 9.99. The van der Waals surface area contributed by atoms with E-state index in [4.69, 9.17) is 42.6 Å². The van der Waals surface area contributed by atoms with Crippen molar-refractivity contribution in [3.63, 3.8) is 0 Å². The highest BCUT2D eigenvalue weighted by atomic mass is 16.5. The maximum atomic E-state index is 14.4. The summed E-state index contributed by atoms with van der Waals surface area (Å²) >= 11 is 0. The third-order valence-corrected chi connectivity index (χ3v) is 14.9. The predicted molar refractivity (Wildman–Crippen MR) is 305 cm³/mol. The van der Waals surface area contributed by atoms with Crippen LogP contribution < -0.4 is 20.9 Å². The predicted octanol–water partition coefficient (Wildman–Crippen LogP) is 9.64. The van der Waals surface area contributed by atoms with Gasteiger partial charge in [0.25, 0.3) is 0 Å². The van der Waals surface area contributed by atoms with Crippen LogP contribution >= 0.6 is 0 Å². The molecular weight excluding hydrogens is 1030 g/mol. The highest BCUT2D eigenvalue weighted by Crippen LogP contribution is 2.42. The molecule has 10 aromatic rings. The van der Waals surface area contributed by atoms with Gasteiger partial charge in [-0.05, 0) is 108 Å². The molecule has 20 heteroatoms. The number of hydrogen-bond acceptors (Lipinski definition) is 16. The molecule has 10 rings (SSSR count). The summed E-state index contributed by atoms with van der Waals surface area (Å²) in [5.74, 6) is 2.30. The molecule has 0 N–H and O–H groups in total. The largest absolute Gasteiger partial charge is 0.496 e. The monoisotopic (exact) mass is 1100 g/mol. The summed E-state index contributed by atoms with van der Waals surface area (Å²) in [5.41, 5.74) is 9.25. The van der Waals surface area contributed by atoms with Crippen molar-refractivity contribution >= 4 is 55.4 Å². The molecule has 0 saturated carbocycles. The molecule has 2 atom stereocenters. The Bertz CT molecular complexity index is 3740. The van der Waals surface area contributed by atoms with E-state index in [9.17, 15) is 19.2 Å². The highest BCUT2D eigenvalue weighted by Gasteiger charge is 2.28. The number of methoxy groups -OCH3 is 2. The van der Waals surface area contributed by atoms with Crippen molar-refractivity contribution in [1.29, 1.82) is 0 Å². The first-order valence-corrected chi connectivity index (χ1v) is 27.1. The van der Waals surface area contributed by atoms with Crippen LogP contribution in [0.5, 0.6) is 11.5 Å². The average molecular weight is 1100 g/mol. The zero-order valence-corrected chi connectivity index (χ0v) is 46.8. The molecule has 8 aromatic heterocycles.